The first kappa shape index (κ1) is 26.6. The summed E-state index contributed by atoms with van der Waals surface area (Å²) in [6.07, 6.45) is 3.44. The summed E-state index contributed by atoms with van der Waals surface area (Å²) in [6, 6.07) is 11.0. The molecule has 5 rings (SSSR count). The first-order valence-electron chi connectivity index (χ1n) is 13.1. The van der Waals surface area contributed by atoms with Crippen LogP contribution in [0.4, 0.5) is 16.3 Å². The van der Waals surface area contributed by atoms with Gasteiger partial charge in [0.05, 0.1) is 17.7 Å². The molecule has 4 heterocycles. The maximum absolute atomic E-state index is 13.1. The van der Waals surface area contributed by atoms with Gasteiger partial charge in [-0.25, -0.2) is 19.6 Å². The highest BCUT2D eigenvalue weighted by molar-refractivity contribution is 7.10. The van der Waals surface area contributed by atoms with E-state index in [0.717, 1.165) is 42.3 Å². The lowest BCUT2D eigenvalue weighted by Crippen LogP contribution is -2.54. The van der Waals surface area contributed by atoms with Crippen molar-refractivity contribution < 1.29 is 19.1 Å². The average Bonchev–Trinajstić information content (AvgIpc) is 3.49. The van der Waals surface area contributed by atoms with Gasteiger partial charge in [-0.15, -0.1) is 11.3 Å². The number of hydrogen-bond donors (Lipinski definition) is 1. The standard InChI is InChI=1S/C28H32N6O4S/c1-19-17-21(27(36)38-2)6-7-22(19)30-25(35)23-18-39-26(31-23)20-8-11-33(12-9-20)28(37)34-15-13-32(14-16-34)24-5-3-4-10-29-24/h3-7,10,17-18,20H,8-9,11-16H2,1-2H3,(H,30,35). The number of carbonyl (C=O) groups is 3. The van der Waals surface area contributed by atoms with E-state index >= 15 is 0 Å². The molecule has 0 atom stereocenters. The predicted octanol–water partition coefficient (Wildman–Crippen LogP) is 4.01. The number of aryl methyl sites for hydroxylation is 1. The lowest BCUT2D eigenvalue weighted by molar-refractivity contribution is 0.0600. The number of anilines is 2. The maximum atomic E-state index is 13.1. The van der Waals surface area contributed by atoms with Crippen molar-refractivity contribution in [1.82, 2.24) is 19.8 Å². The Labute approximate surface area is 231 Å². The second-order valence-corrected chi connectivity index (χ2v) is 10.6. The van der Waals surface area contributed by atoms with E-state index in [4.69, 9.17) is 4.74 Å². The monoisotopic (exact) mass is 548 g/mol. The van der Waals surface area contributed by atoms with E-state index in [2.05, 4.69) is 20.2 Å². The van der Waals surface area contributed by atoms with E-state index in [1.165, 1.54) is 18.4 Å². The summed E-state index contributed by atoms with van der Waals surface area (Å²) in [5.74, 6) is 0.469. The van der Waals surface area contributed by atoms with Gasteiger partial charge in [-0.3, -0.25) is 4.79 Å². The van der Waals surface area contributed by atoms with Crippen LogP contribution in [0.15, 0.2) is 48.0 Å². The number of carbonyl (C=O) groups excluding carboxylic acids is 3. The van der Waals surface area contributed by atoms with Gasteiger partial charge in [-0.05, 0) is 55.7 Å². The fourth-order valence-corrected chi connectivity index (χ4v) is 5.97. The largest absolute Gasteiger partial charge is 0.465 e. The summed E-state index contributed by atoms with van der Waals surface area (Å²) >= 11 is 1.49. The number of nitrogens with zero attached hydrogens (tertiary/aromatic N) is 5. The summed E-state index contributed by atoms with van der Waals surface area (Å²) in [7, 11) is 1.33. The molecule has 0 spiro atoms. The number of piperidine rings is 1. The maximum Gasteiger partial charge on any atom is 0.337 e. The molecule has 2 aliphatic heterocycles. The molecule has 3 aromatic rings. The molecule has 0 radical (unpaired) electrons. The van der Waals surface area contributed by atoms with Crippen molar-refractivity contribution in [3.05, 3.63) is 69.8 Å². The van der Waals surface area contributed by atoms with E-state index in [1.807, 2.05) is 34.9 Å². The molecule has 0 saturated carbocycles. The Balaban J connectivity index is 1.11. The van der Waals surface area contributed by atoms with E-state index in [0.29, 0.717) is 43.1 Å². The summed E-state index contributed by atoms with van der Waals surface area (Å²) in [4.78, 5) is 52.8. The number of amides is 3. The van der Waals surface area contributed by atoms with Crippen LogP contribution in [0.25, 0.3) is 0 Å². The van der Waals surface area contributed by atoms with Crippen molar-refractivity contribution in [2.24, 2.45) is 0 Å². The van der Waals surface area contributed by atoms with Gasteiger partial charge in [0.15, 0.2) is 0 Å². The SMILES string of the molecule is COC(=O)c1ccc(NC(=O)c2csc(C3CCN(C(=O)N4CCN(c5ccccn5)CC4)CC3)n2)c(C)c1. The number of thiazole rings is 1. The lowest BCUT2D eigenvalue weighted by atomic mass is 9.98. The van der Waals surface area contributed by atoms with Crippen molar-refractivity contribution >= 4 is 40.7 Å². The fourth-order valence-electron chi connectivity index (χ4n) is 5.00. The number of piperazine rings is 1. The predicted molar refractivity (Wildman–Crippen MR) is 150 cm³/mol. The summed E-state index contributed by atoms with van der Waals surface area (Å²) in [6.45, 7) is 6.10. The molecule has 204 valence electrons. The minimum absolute atomic E-state index is 0.0990. The molecule has 2 fully saturated rings. The highest BCUT2D eigenvalue weighted by Crippen LogP contribution is 2.31. The third-order valence-corrected chi connectivity index (χ3v) is 8.30. The minimum Gasteiger partial charge on any atom is -0.465 e. The van der Waals surface area contributed by atoms with E-state index in [1.54, 1.807) is 29.8 Å². The third kappa shape index (κ3) is 6.03. The summed E-state index contributed by atoms with van der Waals surface area (Å²) < 4.78 is 4.75. The normalized spacial score (nSPS) is 16.2. The first-order chi connectivity index (χ1) is 18.9. The molecule has 2 aliphatic rings. The van der Waals surface area contributed by atoms with E-state index in [-0.39, 0.29) is 17.9 Å². The van der Waals surface area contributed by atoms with Crippen LogP contribution in [0.2, 0.25) is 0 Å². The van der Waals surface area contributed by atoms with Crippen LogP contribution < -0.4 is 10.2 Å². The Morgan fingerprint density at radius 1 is 1.00 bits per heavy atom. The van der Waals surface area contributed by atoms with Crippen molar-refractivity contribution in [3.63, 3.8) is 0 Å². The molecule has 2 aromatic heterocycles. The zero-order valence-electron chi connectivity index (χ0n) is 22.1. The molecule has 3 amide bonds. The van der Waals surface area contributed by atoms with Crippen LogP contribution in [0.3, 0.4) is 0 Å². The number of likely N-dealkylation sites (tertiary alicyclic amines) is 1. The van der Waals surface area contributed by atoms with Crippen LogP contribution in [0.5, 0.6) is 0 Å². The van der Waals surface area contributed by atoms with Gasteiger partial charge in [0.2, 0.25) is 0 Å². The van der Waals surface area contributed by atoms with Gasteiger partial charge in [-0.2, -0.15) is 0 Å². The summed E-state index contributed by atoms with van der Waals surface area (Å²) in [5, 5.41) is 5.59. The van der Waals surface area contributed by atoms with Crippen molar-refractivity contribution in [2.45, 2.75) is 25.7 Å². The molecule has 1 aromatic carbocycles. The Morgan fingerprint density at radius 2 is 1.74 bits per heavy atom. The number of ether oxygens (including phenoxy) is 1. The molecule has 0 bridgehead atoms. The van der Waals surface area contributed by atoms with E-state index < -0.39 is 5.97 Å². The smallest absolute Gasteiger partial charge is 0.337 e. The number of hydrogen-bond acceptors (Lipinski definition) is 8. The van der Waals surface area contributed by atoms with Crippen LogP contribution in [-0.4, -0.2) is 84.1 Å². The van der Waals surface area contributed by atoms with Gasteiger partial charge >= 0.3 is 12.0 Å². The Hall–Kier alpha value is -3.99. The number of pyridine rings is 1. The van der Waals surface area contributed by atoms with Gasteiger partial charge in [0.25, 0.3) is 5.91 Å². The number of aromatic nitrogens is 2. The van der Waals surface area contributed by atoms with Crippen molar-refractivity contribution in [2.75, 3.05) is 56.6 Å². The molecule has 1 N–H and O–H groups in total. The van der Waals surface area contributed by atoms with Gasteiger partial charge < -0.3 is 24.8 Å². The zero-order valence-corrected chi connectivity index (χ0v) is 22.9. The molecular weight excluding hydrogens is 516 g/mol. The number of methoxy groups -OCH3 is 1. The first-order valence-corrected chi connectivity index (χ1v) is 14.0. The lowest BCUT2D eigenvalue weighted by Gasteiger charge is -2.39. The number of nitrogens with one attached hydrogen (secondary N) is 1. The number of benzene rings is 1. The van der Waals surface area contributed by atoms with E-state index in [9.17, 15) is 14.4 Å². The zero-order chi connectivity index (χ0) is 27.4. The molecule has 11 heteroatoms. The van der Waals surface area contributed by atoms with Crippen molar-refractivity contribution in [3.8, 4) is 0 Å². The quantitative estimate of drug-likeness (QED) is 0.480. The fraction of sp³-hybridized carbons (Fsp3) is 0.393. The number of urea groups is 1. The average molecular weight is 549 g/mol. The second kappa shape index (κ2) is 11.8. The molecule has 0 unspecified atom stereocenters. The van der Waals surface area contributed by atoms with Crippen LogP contribution in [-0.2, 0) is 4.74 Å². The highest BCUT2D eigenvalue weighted by Gasteiger charge is 2.30. The van der Waals surface area contributed by atoms with Crippen LogP contribution in [0.1, 0.15) is 50.2 Å². The minimum atomic E-state index is -0.420. The molecule has 39 heavy (non-hydrogen) atoms. The van der Waals surface area contributed by atoms with Gasteiger partial charge in [0, 0.05) is 62.5 Å². The van der Waals surface area contributed by atoms with Crippen molar-refractivity contribution in [1.29, 1.82) is 0 Å². The van der Waals surface area contributed by atoms with Gasteiger partial charge in [-0.1, -0.05) is 6.07 Å². The number of rotatable bonds is 5. The van der Waals surface area contributed by atoms with Gasteiger partial charge in [0.1, 0.15) is 11.5 Å². The molecule has 10 nitrogen and oxygen atoms in total. The second-order valence-electron chi connectivity index (χ2n) is 9.75. The topological polar surface area (TPSA) is 108 Å². The number of esters is 1. The summed E-state index contributed by atoms with van der Waals surface area (Å²) in [5.41, 5.74) is 2.18. The van der Waals surface area contributed by atoms with Crippen LogP contribution >= 0.6 is 11.3 Å². The molecule has 2 saturated heterocycles. The Bertz CT molecular complexity index is 1330. The highest BCUT2D eigenvalue weighted by atomic mass is 32.1. The molecular formula is C28H32N6O4S. The van der Waals surface area contributed by atoms with Crippen LogP contribution in [0, 0.1) is 6.92 Å². The Morgan fingerprint density at radius 3 is 2.41 bits per heavy atom. The molecule has 0 aliphatic carbocycles. The Kier molecular flexibility index (Phi) is 8.06. The third-order valence-electron chi connectivity index (χ3n) is 7.29.